The summed E-state index contributed by atoms with van der Waals surface area (Å²) in [5.41, 5.74) is 0. The molecule has 36 heavy (non-hydrogen) atoms. The second kappa shape index (κ2) is 11.7. The number of ether oxygens (including phenoxy) is 3. The van der Waals surface area contributed by atoms with Crippen molar-refractivity contribution in [1.29, 1.82) is 0 Å². The summed E-state index contributed by atoms with van der Waals surface area (Å²) < 4.78 is 29.1. The second-order valence-corrected chi connectivity index (χ2v) is 10.5. The molecule has 4 aliphatic rings. The van der Waals surface area contributed by atoms with Crippen LogP contribution >= 0.6 is 0 Å². The highest BCUT2D eigenvalue weighted by molar-refractivity contribution is 4.76. The zero-order valence-corrected chi connectivity index (χ0v) is 20.6. The van der Waals surface area contributed by atoms with Gasteiger partial charge in [-0.05, 0) is 31.6 Å². The van der Waals surface area contributed by atoms with E-state index in [1.54, 1.807) is 0 Å². The van der Waals surface area contributed by atoms with Gasteiger partial charge in [-0.15, -0.1) is 0 Å². The number of hydrogen-bond acceptors (Lipinski definition) is 3. The average Bonchev–Trinajstić information content (AvgIpc) is 3.65. The molecule has 3 unspecified atom stereocenters. The highest BCUT2D eigenvalue weighted by Gasteiger charge is 2.28. The van der Waals surface area contributed by atoms with Crippen molar-refractivity contribution in [1.82, 2.24) is 13.7 Å². The first-order valence-corrected chi connectivity index (χ1v) is 13.2. The van der Waals surface area contributed by atoms with Crippen LogP contribution in [0.25, 0.3) is 0 Å². The normalized spacial score (nSPS) is 23.5. The Hall–Kier alpha value is -2.49. The molecule has 3 saturated heterocycles. The third-order valence-electron chi connectivity index (χ3n) is 6.94. The molecule has 3 aliphatic heterocycles. The molecule has 4 fully saturated rings. The molecule has 196 valence electrons. The highest BCUT2D eigenvalue weighted by atomic mass is 16.6. The molecule has 0 radical (unpaired) electrons. The first-order valence-electron chi connectivity index (χ1n) is 13.2. The summed E-state index contributed by atoms with van der Waals surface area (Å²) in [6.07, 6.45) is 26.1. The first-order chi connectivity index (χ1) is 17.2. The van der Waals surface area contributed by atoms with Crippen LogP contribution in [0.3, 0.4) is 0 Å². The maximum absolute atomic E-state index is 5.26. The molecule has 1 saturated carbocycles. The minimum Gasteiger partial charge on any atom is -0.369 e. The van der Waals surface area contributed by atoms with Crippen LogP contribution in [-0.4, -0.2) is 51.8 Å². The lowest BCUT2D eigenvalue weighted by Gasteiger charge is -1.97. The van der Waals surface area contributed by atoms with Gasteiger partial charge in [0.2, 0.25) is 19.0 Å². The Morgan fingerprint density at radius 2 is 1.06 bits per heavy atom. The molecular weight excluding hydrogens is 456 g/mol. The van der Waals surface area contributed by atoms with Gasteiger partial charge in [-0.1, -0.05) is 7.43 Å². The van der Waals surface area contributed by atoms with E-state index in [0.717, 1.165) is 58.5 Å². The van der Waals surface area contributed by atoms with Crippen molar-refractivity contribution in [2.75, 3.05) is 19.8 Å². The quantitative estimate of drug-likeness (QED) is 0.203. The second-order valence-electron chi connectivity index (χ2n) is 10.5. The van der Waals surface area contributed by atoms with Crippen molar-refractivity contribution in [2.45, 2.75) is 90.7 Å². The lowest BCUT2D eigenvalue weighted by atomic mass is 10.3. The summed E-state index contributed by atoms with van der Waals surface area (Å²) in [5.74, 6) is 0.947. The van der Waals surface area contributed by atoms with E-state index in [4.69, 9.17) is 14.2 Å². The summed E-state index contributed by atoms with van der Waals surface area (Å²) in [4.78, 5) is 0. The Kier molecular flexibility index (Phi) is 8.19. The molecule has 3 atom stereocenters. The van der Waals surface area contributed by atoms with Gasteiger partial charge in [-0.2, -0.15) is 0 Å². The van der Waals surface area contributed by atoms with E-state index in [-0.39, 0.29) is 7.43 Å². The lowest BCUT2D eigenvalue weighted by molar-refractivity contribution is -0.699. The molecule has 0 bridgehead atoms. The van der Waals surface area contributed by atoms with Crippen LogP contribution in [0.5, 0.6) is 0 Å². The fraction of sp³-hybridized carbons (Fsp3) is 0.667. The summed E-state index contributed by atoms with van der Waals surface area (Å²) >= 11 is 0. The van der Waals surface area contributed by atoms with Crippen molar-refractivity contribution in [3.8, 4) is 0 Å². The molecule has 3 aromatic heterocycles. The maximum Gasteiger partial charge on any atom is 0.243 e. The van der Waals surface area contributed by atoms with Gasteiger partial charge in [-0.3, -0.25) is 0 Å². The zero-order valence-electron chi connectivity index (χ0n) is 20.6. The molecule has 7 rings (SSSR count). The van der Waals surface area contributed by atoms with Crippen molar-refractivity contribution in [3.05, 3.63) is 56.2 Å². The predicted molar refractivity (Wildman–Crippen MR) is 132 cm³/mol. The molecule has 0 spiro atoms. The topological polar surface area (TPSA) is 64.0 Å². The zero-order chi connectivity index (χ0) is 23.5. The summed E-state index contributed by atoms with van der Waals surface area (Å²) in [6, 6.07) is 0. The minimum absolute atomic E-state index is 0. The molecular formula is C27H43N6O3+3. The Balaban J connectivity index is 0.000000163. The van der Waals surface area contributed by atoms with Gasteiger partial charge in [0.1, 0.15) is 75.1 Å². The smallest absolute Gasteiger partial charge is 0.243 e. The maximum atomic E-state index is 5.26. The first kappa shape index (κ1) is 25.2. The Bertz CT molecular complexity index is 992. The number of epoxide rings is 3. The number of aryl methyl sites for hydroxylation is 2. The third kappa shape index (κ3) is 8.28. The van der Waals surface area contributed by atoms with E-state index in [1.165, 1.54) is 32.2 Å². The summed E-state index contributed by atoms with van der Waals surface area (Å²) in [7, 11) is 0. The molecule has 0 N–H and O–H groups in total. The number of unbranched alkanes of at least 4 members (excludes halogenated alkanes) is 1. The SMILES string of the molecule is C.c1c[n+](CC2CC2)cn1CCCCn1cc[n+](CC2CO2)c1.c1c[n+](CC2CO2)cn1CC1CO1. The largest absolute Gasteiger partial charge is 0.369 e. The van der Waals surface area contributed by atoms with E-state index < -0.39 is 0 Å². The van der Waals surface area contributed by atoms with Gasteiger partial charge in [0.25, 0.3) is 0 Å². The highest BCUT2D eigenvalue weighted by Crippen LogP contribution is 2.28. The fourth-order valence-electron chi connectivity index (χ4n) is 4.43. The van der Waals surface area contributed by atoms with E-state index in [9.17, 15) is 0 Å². The van der Waals surface area contributed by atoms with Gasteiger partial charge in [0, 0.05) is 0 Å². The van der Waals surface area contributed by atoms with E-state index in [2.05, 4.69) is 83.6 Å². The average molecular weight is 500 g/mol. The molecule has 3 aromatic rings. The third-order valence-corrected chi connectivity index (χ3v) is 6.94. The van der Waals surface area contributed by atoms with Crippen LogP contribution in [0.1, 0.15) is 33.1 Å². The number of aromatic nitrogens is 6. The van der Waals surface area contributed by atoms with Crippen LogP contribution in [0, 0.1) is 5.92 Å². The molecule has 9 nitrogen and oxygen atoms in total. The van der Waals surface area contributed by atoms with Crippen molar-refractivity contribution >= 4 is 0 Å². The number of rotatable bonds is 13. The van der Waals surface area contributed by atoms with E-state index in [0.29, 0.717) is 18.3 Å². The van der Waals surface area contributed by atoms with Crippen LogP contribution in [0.2, 0.25) is 0 Å². The standard InChI is InChI=1S/C17H26N4O.C9H13N2O2.CH4/c1(5-18-7-9-20(14-18)11-16-3-4-16)2-6-19-8-10-21(15-19)12-17-13-22-17;1-2-11(4-9-6-13-9)7-10(1)3-8-5-12-8;/h7-10,14-17H,1-6,11-13H2;1-2,7-9H,3-6H2;1H4/q+2;+1;. The van der Waals surface area contributed by atoms with E-state index >= 15 is 0 Å². The Morgan fingerprint density at radius 3 is 1.53 bits per heavy atom. The lowest BCUT2D eigenvalue weighted by Crippen LogP contribution is -2.34. The molecule has 0 aromatic carbocycles. The summed E-state index contributed by atoms with van der Waals surface area (Å²) in [5, 5.41) is 0. The van der Waals surface area contributed by atoms with Crippen molar-refractivity contribution in [3.63, 3.8) is 0 Å². The molecule has 6 heterocycles. The Labute approximate surface area is 214 Å². The minimum atomic E-state index is 0. The van der Waals surface area contributed by atoms with Crippen molar-refractivity contribution < 1.29 is 27.9 Å². The molecule has 1 aliphatic carbocycles. The monoisotopic (exact) mass is 499 g/mol. The van der Waals surface area contributed by atoms with Gasteiger partial charge in [0.05, 0.1) is 39.5 Å². The van der Waals surface area contributed by atoms with Gasteiger partial charge in [0.15, 0.2) is 0 Å². The Morgan fingerprint density at radius 1 is 0.611 bits per heavy atom. The molecule has 0 amide bonds. The van der Waals surface area contributed by atoms with Crippen molar-refractivity contribution in [2.24, 2.45) is 5.92 Å². The summed E-state index contributed by atoms with van der Waals surface area (Å²) in [6.45, 7) is 9.16. The number of nitrogens with zero attached hydrogens (tertiary/aromatic N) is 6. The van der Waals surface area contributed by atoms with Crippen LogP contribution in [0.4, 0.5) is 0 Å². The number of imidazole rings is 3. The van der Waals surface area contributed by atoms with Gasteiger partial charge >= 0.3 is 0 Å². The van der Waals surface area contributed by atoms with Gasteiger partial charge < -0.3 is 14.2 Å². The predicted octanol–water partition coefficient (Wildman–Crippen LogP) is 1.36. The van der Waals surface area contributed by atoms with Crippen LogP contribution in [-0.2, 0) is 53.5 Å². The van der Waals surface area contributed by atoms with Crippen LogP contribution < -0.4 is 13.7 Å². The van der Waals surface area contributed by atoms with Crippen LogP contribution in [0.15, 0.2) is 56.2 Å². The fourth-order valence-corrected chi connectivity index (χ4v) is 4.43. The molecule has 9 heteroatoms. The van der Waals surface area contributed by atoms with E-state index in [1.807, 2.05) is 0 Å². The number of hydrogen-bond donors (Lipinski definition) is 0. The van der Waals surface area contributed by atoms with Gasteiger partial charge in [-0.25, -0.2) is 27.4 Å².